The van der Waals surface area contributed by atoms with E-state index in [0.717, 1.165) is 31.2 Å². The van der Waals surface area contributed by atoms with Crippen LogP contribution in [-0.4, -0.2) is 33.8 Å². The predicted octanol–water partition coefficient (Wildman–Crippen LogP) is 1.94. The molecule has 7 heteroatoms. The molecule has 0 unspecified atom stereocenters. The second-order valence-corrected chi connectivity index (χ2v) is 8.37. The third kappa shape index (κ3) is 2.74. The highest BCUT2D eigenvalue weighted by Gasteiger charge is 2.54. The lowest BCUT2D eigenvalue weighted by Crippen LogP contribution is -2.38. The van der Waals surface area contributed by atoms with Gasteiger partial charge in [-0.15, -0.1) is 0 Å². The van der Waals surface area contributed by atoms with Crippen LogP contribution in [0.2, 0.25) is 0 Å². The standard InChI is InChI=1S/C22H19N5O2/c23-10-15-5-12-6-19(12)27(15)20(28)9-14-8-17(21(25)29)16-2-1-13(7-18(16)26-14)22(11-24)3-4-22/h1-2,7-8,12,15,19H,3-6,9H2,(H2,25,29)/t12-,15+,19+/m1/s1. The molecule has 1 aliphatic heterocycles. The summed E-state index contributed by atoms with van der Waals surface area (Å²) in [5, 5.41) is 19.4. The number of fused-ring (bicyclic) bond motifs is 2. The predicted molar refractivity (Wildman–Crippen MR) is 103 cm³/mol. The summed E-state index contributed by atoms with van der Waals surface area (Å²) in [4.78, 5) is 31.2. The number of piperidine rings is 1. The molecular formula is C22H19N5O2. The first kappa shape index (κ1) is 17.6. The van der Waals surface area contributed by atoms with Gasteiger partial charge in [-0.25, -0.2) is 0 Å². The zero-order chi connectivity index (χ0) is 20.3. The maximum atomic E-state index is 12.9. The van der Waals surface area contributed by atoms with Crippen molar-refractivity contribution < 1.29 is 9.59 Å². The second-order valence-electron chi connectivity index (χ2n) is 8.37. The highest BCUT2D eigenvalue weighted by molar-refractivity contribution is 6.05. The minimum atomic E-state index is -0.585. The Hall–Kier alpha value is -3.45. The number of hydrogen-bond donors (Lipinski definition) is 1. The molecule has 2 heterocycles. The minimum absolute atomic E-state index is 0.0191. The van der Waals surface area contributed by atoms with Gasteiger partial charge in [0.1, 0.15) is 6.04 Å². The Morgan fingerprint density at radius 3 is 2.69 bits per heavy atom. The average Bonchev–Trinajstić information content (AvgIpc) is 3.63. The van der Waals surface area contributed by atoms with Crippen LogP contribution < -0.4 is 5.73 Å². The summed E-state index contributed by atoms with van der Waals surface area (Å²) >= 11 is 0. The number of rotatable bonds is 4. The molecule has 3 atom stereocenters. The summed E-state index contributed by atoms with van der Waals surface area (Å²) in [6.45, 7) is 0. The topological polar surface area (TPSA) is 124 Å². The van der Waals surface area contributed by atoms with E-state index in [4.69, 9.17) is 5.73 Å². The van der Waals surface area contributed by atoms with Gasteiger partial charge in [0, 0.05) is 11.4 Å². The number of nitriles is 2. The molecule has 3 aliphatic rings. The number of carbonyl (C=O) groups is 2. The average molecular weight is 385 g/mol. The molecule has 2 amide bonds. The first-order valence-electron chi connectivity index (χ1n) is 9.82. The highest BCUT2D eigenvalue weighted by Crippen LogP contribution is 2.48. The first-order valence-corrected chi connectivity index (χ1v) is 9.82. The number of nitrogens with zero attached hydrogens (tertiary/aromatic N) is 4. The van der Waals surface area contributed by atoms with E-state index in [1.807, 2.05) is 12.1 Å². The number of primary amides is 1. The molecule has 0 spiro atoms. The van der Waals surface area contributed by atoms with Crippen LogP contribution in [0, 0.1) is 28.6 Å². The van der Waals surface area contributed by atoms with E-state index >= 15 is 0 Å². The Kier molecular flexibility index (Phi) is 3.66. The number of aromatic nitrogens is 1. The quantitative estimate of drug-likeness (QED) is 0.861. The SMILES string of the molecule is N#C[C@@H]1C[C@@H]2C[C@@H]2N1C(=O)Cc1cc(C(N)=O)c2ccc(C3(C#N)CC3)cc2n1. The van der Waals surface area contributed by atoms with E-state index in [2.05, 4.69) is 17.1 Å². The molecule has 7 nitrogen and oxygen atoms in total. The highest BCUT2D eigenvalue weighted by atomic mass is 16.2. The van der Waals surface area contributed by atoms with Crippen molar-refractivity contribution in [3.05, 3.63) is 41.1 Å². The monoisotopic (exact) mass is 385 g/mol. The lowest BCUT2D eigenvalue weighted by atomic mass is 9.95. The lowest BCUT2D eigenvalue weighted by molar-refractivity contribution is -0.131. The molecule has 5 rings (SSSR count). The molecule has 2 aliphatic carbocycles. The first-order chi connectivity index (χ1) is 14.0. The van der Waals surface area contributed by atoms with Gasteiger partial charge >= 0.3 is 0 Å². The van der Waals surface area contributed by atoms with Crippen molar-refractivity contribution in [2.24, 2.45) is 11.7 Å². The Labute approximate surface area is 167 Å². The minimum Gasteiger partial charge on any atom is -0.366 e. The molecule has 0 radical (unpaired) electrons. The van der Waals surface area contributed by atoms with E-state index in [1.54, 1.807) is 17.0 Å². The summed E-state index contributed by atoms with van der Waals surface area (Å²) in [5.41, 5.74) is 7.32. The van der Waals surface area contributed by atoms with Gasteiger partial charge in [-0.3, -0.25) is 14.6 Å². The van der Waals surface area contributed by atoms with Gasteiger partial charge in [0.05, 0.1) is 40.7 Å². The van der Waals surface area contributed by atoms with Crippen LogP contribution >= 0.6 is 0 Å². The van der Waals surface area contributed by atoms with Crippen molar-refractivity contribution in [2.45, 2.75) is 49.6 Å². The van der Waals surface area contributed by atoms with E-state index < -0.39 is 11.3 Å². The normalized spacial score (nSPS) is 25.7. The summed E-state index contributed by atoms with van der Waals surface area (Å²) < 4.78 is 0. The molecule has 2 aromatic rings. The Morgan fingerprint density at radius 2 is 2.03 bits per heavy atom. The number of carbonyl (C=O) groups excluding carboxylic acids is 2. The van der Waals surface area contributed by atoms with Crippen molar-refractivity contribution in [3.63, 3.8) is 0 Å². The Balaban J connectivity index is 1.52. The number of amides is 2. The van der Waals surface area contributed by atoms with Crippen LogP contribution in [0.1, 0.15) is 47.3 Å². The van der Waals surface area contributed by atoms with Gasteiger partial charge in [-0.2, -0.15) is 10.5 Å². The molecule has 1 saturated heterocycles. The van der Waals surface area contributed by atoms with E-state index in [9.17, 15) is 20.1 Å². The van der Waals surface area contributed by atoms with Crippen molar-refractivity contribution in [1.29, 1.82) is 10.5 Å². The molecular weight excluding hydrogens is 366 g/mol. The van der Waals surface area contributed by atoms with Crippen molar-refractivity contribution in [3.8, 4) is 12.1 Å². The van der Waals surface area contributed by atoms with Gasteiger partial charge in [0.15, 0.2) is 0 Å². The molecule has 2 N–H and O–H groups in total. The Morgan fingerprint density at radius 1 is 1.24 bits per heavy atom. The van der Waals surface area contributed by atoms with Crippen LogP contribution in [0.4, 0.5) is 0 Å². The van der Waals surface area contributed by atoms with Crippen molar-refractivity contribution >= 4 is 22.7 Å². The molecule has 144 valence electrons. The number of pyridine rings is 1. The fraction of sp³-hybridized carbons (Fsp3) is 0.409. The number of likely N-dealkylation sites (tertiary alicyclic amines) is 1. The maximum absolute atomic E-state index is 12.9. The largest absolute Gasteiger partial charge is 0.366 e. The van der Waals surface area contributed by atoms with Crippen molar-refractivity contribution in [2.75, 3.05) is 0 Å². The molecule has 29 heavy (non-hydrogen) atoms. The number of benzene rings is 1. The summed E-state index contributed by atoms with van der Waals surface area (Å²) in [6.07, 6.45) is 3.34. The lowest BCUT2D eigenvalue weighted by Gasteiger charge is -2.22. The molecule has 0 bridgehead atoms. The third-order valence-electron chi connectivity index (χ3n) is 6.52. The smallest absolute Gasteiger partial charge is 0.249 e. The van der Waals surface area contributed by atoms with E-state index in [0.29, 0.717) is 28.1 Å². The molecule has 3 fully saturated rings. The molecule has 2 saturated carbocycles. The molecule has 1 aromatic carbocycles. The van der Waals surface area contributed by atoms with Gasteiger partial charge in [-0.1, -0.05) is 12.1 Å². The maximum Gasteiger partial charge on any atom is 0.249 e. The third-order valence-corrected chi connectivity index (χ3v) is 6.52. The zero-order valence-corrected chi connectivity index (χ0v) is 15.8. The Bertz CT molecular complexity index is 1150. The van der Waals surface area contributed by atoms with Gasteiger partial charge in [0.25, 0.3) is 0 Å². The van der Waals surface area contributed by atoms with Crippen LogP contribution in [0.5, 0.6) is 0 Å². The molecule has 1 aromatic heterocycles. The van der Waals surface area contributed by atoms with Gasteiger partial charge < -0.3 is 10.6 Å². The summed E-state index contributed by atoms with van der Waals surface area (Å²) in [5.74, 6) is -0.285. The van der Waals surface area contributed by atoms with E-state index in [-0.39, 0.29) is 24.4 Å². The zero-order valence-electron chi connectivity index (χ0n) is 15.8. The van der Waals surface area contributed by atoms with Crippen molar-refractivity contribution in [1.82, 2.24) is 9.88 Å². The second kappa shape index (κ2) is 6.02. The van der Waals surface area contributed by atoms with Crippen LogP contribution in [0.15, 0.2) is 24.3 Å². The van der Waals surface area contributed by atoms with Crippen LogP contribution in [0.25, 0.3) is 10.9 Å². The van der Waals surface area contributed by atoms with Gasteiger partial charge in [0.2, 0.25) is 11.8 Å². The summed E-state index contributed by atoms with van der Waals surface area (Å²) in [6, 6.07) is 11.4. The fourth-order valence-electron chi connectivity index (χ4n) is 4.64. The van der Waals surface area contributed by atoms with E-state index in [1.165, 1.54) is 0 Å². The number of hydrogen-bond acceptors (Lipinski definition) is 5. The summed E-state index contributed by atoms with van der Waals surface area (Å²) in [7, 11) is 0. The van der Waals surface area contributed by atoms with Crippen LogP contribution in [-0.2, 0) is 16.6 Å². The van der Waals surface area contributed by atoms with Gasteiger partial charge in [-0.05, 0) is 49.3 Å². The number of nitrogens with two attached hydrogens (primary N) is 1. The van der Waals surface area contributed by atoms with Crippen LogP contribution in [0.3, 0.4) is 0 Å². The fourth-order valence-corrected chi connectivity index (χ4v) is 4.64.